The van der Waals surface area contributed by atoms with Crippen molar-refractivity contribution in [1.29, 1.82) is 0 Å². The maximum Gasteiger partial charge on any atom is 0.234 e. The average molecular weight is 389 g/mol. The monoisotopic (exact) mass is 388 g/mol. The smallest absolute Gasteiger partial charge is 0.186 e. The molecule has 0 saturated heterocycles. The van der Waals surface area contributed by atoms with Crippen LogP contribution in [-0.2, 0) is 12.2 Å². The minimum Gasteiger partial charge on any atom is -0.186 e. The number of hydrogen-bond acceptors (Lipinski definition) is 5. The van der Waals surface area contributed by atoms with Crippen LogP contribution in [0.1, 0.15) is 16.4 Å². The first-order valence-electron chi connectivity index (χ1n) is 8.71. The van der Waals surface area contributed by atoms with E-state index in [9.17, 15) is 0 Å². The van der Waals surface area contributed by atoms with Crippen molar-refractivity contribution in [1.82, 2.24) is 19.8 Å². The van der Waals surface area contributed by atoms with Gasteiger partial charge in [-0.15, -0.1) is 22.0 Å². The Morgan fingerprint density at radius 1 is 0.852 bits per heavy atom. The molecule has 0 spiro atoms. The maximum absolute atomic E-state index is 4.78. The molecule has 6 heteroatoms. The van der Waals surface area contributed by atoms with E-state index in [-0.39, 0.29) is 0 Å². The van der Waals surface area contributed by atoms with Gasteiger partial charge < -0.3 is 0 Å². The number of nitrogens with zero attached hydrogens (tertiary/aromatic N) is 4. The van der Waals surface area contributed by atoms with Crippen LogP contribution in [0.4, 0.5) is 0 Å². The van der Waals surface area contributed by atoms with Crippen LogP contribution in [0.2, 0.25) is 0 Å². The van der Waals surface area contributed by atoms with Gasteiger partial charge in [-0.05, 0) is 28.5 Å². The van der Waals surface area contributed by atoms with E-state index in [1.165, 1.54) is 21.2 Å². The summed E-state index contributed by atoms with van der Waals surface area (Å²) in [6.45, 7) is 0. The van der Waals surface area contributed by atoms with Crippen LogP contribution in [0.15, 0.2) is 77.7 Å². The van der Waals surface area contributed by atoms with Crippen molar-refractivity contribution in [3.05, 3.63) is 89.2 Å². The van der Waals surface area contributed by atoms with E-state index in [0.717, 1.165) is 28.0 Å². The molecule has 0 bridgehead atoms. The van der Waals surface area contributed by atoms with Crippen molar-refractivity contribution in [3.8, 4) is 0 Å². The number of hydrogen-bond donors (Lipinski definition) is 0. The van der Waals surface area contributed by atoms with Gasteiger partial charge in [-0.3, -0.25) is 0 Å². The van der Waals surface area contributed by atoms with E-state index in [1.54, 1.807) is 23.1 Å². The molecule has 0 fully saturated rings. The zero-order valence-corrected chi connectivity index (χ0v) is 16.1. The number of rotatable bonds is 5. The third kappa shape index (κ3) is 3.34. The van der Waals surface area contributed by atoms with E-state index >= 15 is 0 Å². The predicted octanol–water partition coefficient (Wildman–Crippen LogP) is 5.22. The summed E-state index contributed by atoms with van der Waals surface area (Å²) in [6.07, 6.45) is 0.806. The van der Waals surface area contributed by atoms with Gasteiger partial charge in [-0.2, -0.15) is 9.61 Å². The molecule has 132 valence electrons. The molecule has 3 aromatic carbocycles. The summed E-state index contributed by atoms with van der Waals surface area (Å²) in [5.74, 6) is 1.64. The van der Waals surface area contributed by atoms with Gasteiger partial charge in [0.25, 0.3) is 0 Å². The first-order chi connectivity index (χ1) is 13.4. The van der Waals surface area contributed by atoms with Crippen LogP contribution in [-0.4, -0.2) is 19.8 Å². The normalized spacial score (nSPS) is 11.4. The standard InChI is InChI=1S/C21H16N4S2/c1-2-10-17(11-3-1)26-14-19-22-23-21-25(19)24-20(27-21)13-16-9-6-8-15-7-4-5-12-18(15)16/h1-12H,13-14H2. The molecule has 4 nitrogen and oxygen atoms in total. The third-order valence-electron chi connectivity index (χ3n) is 4.43. The molecule has 0 atom stereocenters. The average Bonchev–Trinajstić information content (AvgIpc) is 3.28. The second-order valence-corrected chi connectivity index (χ2v) is 8.31. The Hall–Kier alpha value is -2.70. The highest BCUT2D eigenvalue weighted by molar-refractivity contribution is 7.98. The van der Waals surface area contributed by atoms with Gasteiger partial charge in [-0.1, -0.05) is 72.0 Å². The quantitative estimate of drug-likeness (QED) is 0.387. The second kappa shape index (κ2) is 7.13. The minimum absolute atomic E-state index is 0.753. The lowest BCUT2D eigenvalue weighted by Crippen LogP contribution is -1.96. The SMILES string of the molecule is c1ccc(SCc2nnc3sc(Cc4cccc5ccccc45)nn23)cc1. The lowest BCUT2D eigenvalue weighted by Gasteiger charge is -2.04. The summed E-state index contributed by atoms with van der Waals surface area (Å²) in [5.41, 5.74) is 1.29. The summed E-state index contributed by atoms with van der Waals surface area (Å²) in [4.78, 5) is 2.08. The van der Waals surface area contributed by atoms with E-state index < -0.39 is 0 Å². The van der Waals surface area contributed by atoms with Crippen molar-refractivity contribution in [2.75, 3.05) is 0 Å². The van der Waals surface area contributed by atoms with Crippen LogP contribution in [0.3, 0.4) is 0 Å². The Kier molecular flexibility index (Phi) is 4.35. The molecule has 0 saturated carbocycles. The molecule has 0 unspecified atom stereocenters. The predicted molar refractivity (Wildman–Crippen MR) is 111 cm³/mol. The molecule has 0 aliphatic rings. The highest BCUT2D eigenvalue weighted by atomic mass is 32.2. The van der Waals surface area contributed by atoms with E-state index in [0.29, 0.717) is 0 Å². The fourth-order valence-electron chi connectivity index (χ4n) is 3.13. The van der Waals surface area contributed by atoms with Crippen molar-refractivity contribution in [2.24, 2.45) is 0 Å². The van der Waals surface area contributed by atoms with Crippen molar-refractivity contribution < 1.29 is 0 Å². The zero-order valence-electron chi connectivity index (χ0n) is 14.4. The van der Waals surface area contributed by atoms with Gasteiger partial charge in [0.1, 0.15) is 5.01 Å². The lowest BCUT2D eigenvalue weighted by atomic mass is 10.0. The molecule has 5 rings (SSSR count). The van der Waals surface area contributed by atoms with E-state index in [1.807, 2.05) is 22.7 Å². The highest BCUT2D eigenvalue weighted by Crippen LogP contribution is 2.25. The summed E-state index contributed by atoms with van der Waals surface area (Å²) in [6, 6.07) is 25.3. The number of fused-ring (bicyclic) bond motifs is 2. The van der Waals surface area contributed by atoms with Crippen LogP contribution >= 0.6 is 23.1 Å². The third-order valence-corrected chi connectivity index (χ3v) is 6.34. The molecular weight excluding hydrogens is 372 g/mol. The Bertz CT molecular complexity index is 1210. The van der Waals surface area contributed by atoms with E-state index in [4.69, 9.17) is 5.10 Å². The largest absolute Gasteiger partial charge is 0.234 e. The minimum atomic E-state index is 0.753. The van der Waals surface area contributed by atoms with Gasteiger partial charge in [0, 0.05) is 11.3 Å². The Balaban J connectivity index is 1.41. The van der Waals surface area contributed by atoms with Gasteiger partial charge >= 0.3 is 0 Å². The zero-order chi connectivity index (χ0) is 18.1. The molecular formula is C21H16N4S2. The van der Waals surface area contributed by atoms with Crippen LogP contribution in [0, 0.1) is 0 Å². The summed E-state index contributed by atoms with van der Waals surface area (Å²) in [7, 11) is 0. The van der Waals surface area contributed by atoms with Crippen molar-refractivity contribution in [3.63, 3.8) is 0 Å². The van der Waals surface area contributed by atoms with Gasteiger partial charge in [0.2, 0.25) is 4.96 Å². The molecule has 2 aromatic heterocycles. The Labute approximate surface area is 164 Å². The maximum atomic E-state index is 4.78. The fourth-order valence-corrected chi connectivity index (χ4v) is 4.83. The fraction of sp³-hybridized carbons (Fsp3) is 0.0952. The van der Waals surface area contributed by atoms with Gasteiger partial charge in [0.15, 0.2) is 5.82 Å². The Morgan fingerprint density at radius 3 is 2.59 bits per heavy atom. The summed E-state index contributed by atoms with van der Waals surface area (Å²) < 4.78 is 1.89. The molecule has 0 amide bonds. The molecule has 0 radical (unpaired) electrons. The molecule has 0 aliphatic carbocycles. The highest BCUT2D eigenvalue weighted by Gasteiger charge is 2.13. The lowest BCUT2D eigenvalue weighted by molar-refractivity contribution is 0.857. The first kappa shape index (κ1) is 16.5. The first-order valence-corrected chi connectivity index (χ1v) is 10.5. The number of thioether (sulfide) groups is 1. The van der Waals surface area contributed by atoms with Crippen molar-refractivity contribution in [2.45, 2.75) is 17.1 Å². The van der Waals surface area contributed by atoms with Gasteiger partial charge in [0.05, 0.1) is 5.75 Å². The topological polar surface area (TPSA) is 43.1 Å². The van der Waals surface area contributed by atoms with Crippen LogP contribution < -0.4 is 0 Å². The summed E-state index contributed by atoms with van der Waals surface area (Å²) in [5, 5.41) is 17.0. The molecule has 5 aromatic rings. The van der Waals surface area contributed by atoms with Crippen molar-refractivity contribution >= 4 is 38.8 Å². The molecule has 0 aliphatic heterocycles. The van der Waals surface area contributed by atoms with Crippen LogP contribution in [0.5, 0.6) is 0 Å². The number of benzene rings is 3. The summed E-state index contributed by atoms with van der Waals surface area (Å²) >= 11 is 3.36. The van der Waals surface area contributed by atoms with E-state index in [2.05, 4.69) is 64.8 Å². The molecule has 0 N–H and O–H groups in total. The Morgan fingerprint density at radius 2 is 1.67 bits per heavy atom. The number of aromatic nitrogens is 4. The molecule has 27 heavy (non-hydrogen) atoms. The van der Waals surface area contributed by atoms with Gasteiger partial charge in [-0.25, -0.2) is 0 Å². The second-order valence-electron chi connectivity index (χ2n) is 6.22. The molecule has 2 heterocycles. The van der Waals surface area contributed by atoms with Crippen LogP contribution in [0.25, 0.3) is 15.7 Å².